The average Bonchev–Trinajstić information content (AvgIpc) is 1.97. The number of nitrogen functional groups attached to an aromatic ring is 1. The standard InChI is InChI=1S/C6H6ClNO4S.Na/c7-4-1-3(13(10,11)12)2-5(8)6(4)9;/h1-2,9H,8H2,(H,10,11,12);/q;+1/p-1. The van der Waals surface area contributed by atoms with Crippen LogP contribution in [0.2, 0.25) is 5.02 Å². The fourth-order valence-corrected chi connectivity index (χ4v) is 1.57. The summed E-state index contributed by atoms with van der Waals surface area (Å²) in [6.45, 7) is 0. The zero-order valence-electron chi connectivity index (χ0n) is 7.19. The van der Waals surface area contributed by atoms with Crippen molar-refractivity contribution < 1.29 is 47.6 Å². The van der Waals surface area contributed by atoms with Crippen LogP contribution in [-0.4, -0.2) is 13.0 Å². The quantitative estimate of drug-likeness (QED) is 0.317. The maximum Gasteiger partial charge on any atom is 1.00 e. The fraction of sp³-hybridized carbons (Fsp3) is 0. The maximum absolute atomic E-state index is 10.9. The van der Waals surface area contributed by atoms with Crippen LogP contribution < -0.4 is 40.4 Å². The zero-order chi connectivity index (χ0) is 10.2. The van der Waals surface area contributed by atoms with Crippen molar-refractivity contribution in [3.63, 3.8) is 0 Å². The summed E-state index contributed by atoms with van der Waals surface area (Å²) in [6, 6.07) is 1.69. The first-order valence-electron chi connectivity index (χ1n) is 3.06. The van der Waals surface area contributed by atoms with Gasteiger partial charge in [-0.25, -0.2) is 0 Å². The van der Waals surface area contributed by atoms with E-state index in [4.69, 9.17) is 21.9 Å². The summed E-state index contributed by atoms with van der Waals surface area (Å²) in [4.78, 5) is -0.491. The molecule has 0 saturated carbocycles. The number of rotatable bonds is 1. The Morgan fingerprint density at radius 2 is 1.93 bits per heavy atom. The number of nitrogens with two attached hydrogens (primary N) is 1. The molecular formula is C6H5ClNNaO4S. The third kappa shape index (κ3) is 3.01. The molecule has 14 heavy (non-hydrogen) atoms. The van der Waals surface area contributed by atoms with Gasteiger partial charge in [0.05, 0.1) is 4.90 Å². The van der Waals surface area contributed by atoms with Gasteiger partial charge in [0.25, 0.3) is 10.1 Å². The van der Waals surface area contributed by atoms with Gasteiger partial charge >= 0.3 is 29.6 Å². The van der Waals surface area contributed by atoms with Crippen molar-refractivity contribution in [1.82, 2.24) is 0 Å². The molecule has 0 amide bonds. The van der Waals surface area contributed by atoms with Gasteiger partial charge in [-0.1, -0.05) is 17.4 Å². The summed E-state index contributed by atoms with van der Waals surface area (Å²) in [7, 11) is -4.37. The molecule has 0 heterocycles. The molecule has 1 rings (SSSR count). The molecule has 0 aliphatic rings. The van der Waals surface area contributed by atoms with Crippen molar-refractivity contribution in [1.29, 1.82) is 0 Å². The second-order valence-electron chi connectivity index (χ2n) is 2.30. The number of halogens is 1. The van der Waals surface area contributed by atoms with Crippen LogP contribution in [0.3, 0.4) is 0 Å². The molecule has 0 fully saturated rings. The Morgan fingerprint density at radius 3 is 2.29 bits per heavy atom. The predicted molar refractivity (Wildman–Crippen MR) is 45.1 cm³/mol. The zero-order valence-corrected chi connectivity index (χ0v) is 10.8. The molecule has 0 saturated heterocycles. The van der Waals surface area contributed by atoms with E-state index in [-0.39, 0.29) is 40.3 Å². The molecular weight excluding hydrogens is 241 g/mol. The van der Waals surface area contributed by atoms with Gasteiger partial charge in [-0.15, -0.1) is 0 Å². The van der Waals surface area contributed by atoms with Crippen LogP contribution in [-0.2, 0) is 10.1 Å². The van der Waals surface area contributed by atoms with Crippen LogP contribution >= 0.6 is 11.6 Å². The number of benzene rings is 1. The molecule has 8 heteroatoms. The summed E-state index contributed by atoms with van der Waals surface area (Å²) in [5.74, 6) is -0.658. The third-order valence-electron chi connectivity index (χ3n) is 1.34. The van der Waals surface area contributed by atoms with Gasteiger partial charge in [-0.3, -0.25) is 4.55 Å². The monoisotopic (exact) mass is 245 g/mol. The van der Waals surface area contributed by atoms with Gasteiger partial charge in [-0.05, 0) is 12.1 Å². The second kappa shape index (κ2) is 4.69. The van der Waals surface area contributed by atoms with E-state index in [1.54, 1.807) is 0 Å². The molecule has 0 aliphatic carbocycles. The van der Waals surface area contributed by atoms with Gasteiger partial charge < -0.3 is 10.8 Å². The summed E-state index contributed by atoms with van der Waals surface area (Å²) in [6.07, 6.45) is 0. The third-order valence-corrected chi connectivity index (χ3v) is 2.46. The average molecular weight is 246 g/mol. The normalized spacial score (nSPS) is 10.7. The maximum atomic E-state index is 10.9. The second-order valence-corrected chi connectivity index (χ2v) is 4.13. The number of hydrogen-bond donors (Lipinski definition) is 2. The van der Waals surface area contributed by atoms with Crippen LogP contribution in [0.4, 0.5) is 5.69 Å². The summed E-state index contributed by atoms with van der Waals surface area (Å²) in [5.41, 5.74) is 4.83. The minimum atomic E-state index is -4.37. The van der Waals surface area contributed by atoms with Crippen molar-refractivity contribution in [3.8, 4) is 5.75 Å². The van der Waals surface area contributed by atoms with Crippen LogP contribution in [0.1, 0.15) is 0 Å². The predicted octanol–water partition coefficient (Wildman–Crippen LogP) is -2.75. The summed E-state index contributed by atoms with van der Waals surface area (Å²) >= 11 is 5.36. The van der Waals surface area contributed by atoms with Crippen molar-refractivity contribution in [3.05, 3.63) is 17.2 Å². The van der Waals surface area contributed by atoms with Crippen LogP contribution in [0.25, 0.3) is 0 Å². The van der Waals surface area contributed by atoms with Gasteiger partial charge in [-0.2, -0.15) is 8.42 Å². The molecule has 1 aromatic carbocycles. The first-order chi connectivity index (χ1) is 5.82. The Balaban J connectivity index is 0.00000169. The van der Waals surface area contributed by atoms with Gasteiger partial charge in [0.15, 0.2) is 0 Å². The van der Waals surface area contributed by atoms with E-state index in [9.17, 15) is 13.5 Å². The minimum absolute atomic E-state index is 0. The molecule has 72 valence electrons. The molecule has 0 radical (unpaired) electrons. The Kier molecular flexibility index (Phi) is 4.70. The molecule has 0 unspecified atom stereocenters. The first kappa shape index (κ1) is 14.0. The minimum Gasteiger partial charge on any atom is -0.870 e. The number of anilines is 1. The Bertz CT molecular complexity index is 424. The molecule has 1 aromatic rings. The molecule has 0 bridgehead atoms. The Morgan fingerprint density at radius 1 is 1.43 bits per heavy atom. The van der Waals surface area contributed by atoms with E-state index < -0.39 is 20.8 Å². The van der Waals surface area contributed by atoms with Crippen molar-refractivity contribution >= 4 is 27.4 Å². The van der Waals surface area contributed by atoms with Crippen LogP contribution in [0, 0.1) is 0 Å². The molecule has 3 N–H and O–H groups in total. The van der Waals surface area contributed by atoms with E-state index in [0.29, 0.717) is 0 Å². The molecule has 0 atom stereocenters. The van der Waals surface area contributed by atoms with E-state index in [1.165, 1.54) is 0 Å². The van der Waals surface area contributed by atoms with Crippen molar-refractivity contribution in [2.75, 3.05) is 5.73 Å². The van der Waals surface area contributed by atoms with Gasteiger partial charge in [0.1, 0.15) is 0 Å². The largest absolute Gasteiger partial charge is 1.00 e. The molecule has 0 spiro atoms. The van der Waals surface area contributed by atoms with Crippen molar-refractivity contribution in [2.24, 2.45) is 0 Å². The van der Waals surface area contributed by atoms with E-state index in [0.717, 1.165) is 12.1 Å². The molecule has 0 aliphatic heterocycles. The number of hydrogen-bond acceptors (Lipinski definition) is 4. The summed E-state index contributed by atoms with van der Waals surface area (Å²) < 4.78 is 29.8. The summed E-state index contributed by atoms with van der Waals surface area (Å²) in [5, 5.41) is 10.6. The van der Waals surface area contributed by atoms with E-state index >= 15 is 0 Å². The SMILES string of the molecule is Nc1cc(S(=O)(=O)O)cc(Cl)c1[O-].[Na+]. The Hall–Kier alpha value is 0.0200. The molecule has 0 aromatic heterocycles. The molecule has 5 nitrogen and oxygen atoms in total. The van der Waals surface area contributed by atoms with Crippen LogP contribution in [0.5, 0.6) is 5.75 Å². The van der Waals surface area contributed by atoms with Crippen molar-refractivity contribution in [2.45, 2.75) is 4.90 Å². The van der Waals surface area contributed by atoms with Crippen LogP contribution in [0.15, 0.2) is 17.0 Å². The topological polar surface area (TPSA) is 103 Å². The Labute approximate surface area is 108 Å². The smallest absolute Gasteiger partial charge is 0.870 e. The first-order valence-corrected chi connectivity index (χ1v) is 4.87. The van der Waals surface area contributed by atoms with Gasteiger partial charge in [0.2, 0.25) is 0 Å². The van der Waals surface area contributed by atoms with Gasteiger partial charge in [0, 0.05) is 10.7 Å². The fourth-order valence-electron chi connectivity index (χ4n) is 0.738. The van der Waals surface area contributed by atoms with E-state index in [1.807, 2.05) is 0 Å². The van der Waals surface area contributed by atoms with E-state index in [2.05, 4.69) is 0 Å².